The number of hydrogen-bond acceptors (Lipinski definition) is 6. The van der Waals surface area contributed by atoms with E-state index in [1.54, 1.807) is 18.6 Å². The van der Waals surface area contributed by atoms with E-state index in [0.29, 0.717) is 5.57 Å². The molecule has 7 heteroatoms. The van der Waals surface area contributed by atoms with Crippen LogP contribution in [0, 0.1) is 0 Å². The summed E-state index contributed by atoms with van der Waals surface area (Å²) in [6.07, 6.45) is 1.07. The van der Waals surface area contributed by atoms with Crippen molar-refractivity contribution in [2.75, 3.05) is 13.2 Å². The molecule has 0 unspecified atom stereocenters. The summed E-state index contributed by atoms with van der Waals surface area (Å²) in [5, 5.41) is 2.46. The number of carbonyl (C=O) groups excluding carboxylic acids is 2. The van der Waals surface area contributed by atoms with E-state index in [4.69, 9.17) is 9.47 Å². The first-order valence-corrected chi connectivity index (χ1v) is 6.08. The van der Waals surface area contributed by atoms with E-state index in [1.807, 2.05) is 0 Å². The Hall–Kier alpha value is -1.89. The zero-order chi connectivity index (χ0) is 13.4. The number of nitrogens with zero attached hydrogens (tertiary/aromatic N) is 1. The summed E-state index contributed by atoms with van der Waals surface area (Å²) in [7, 11) is 0. The first-order valence-electron chi connectivity index (χ1n) is 5.20. The van der Waals surface area contributed by atoms with Crippen molar-refractivity contribution >= 4 is 23.4 Å². The Bertz CT molecular complexity index is 417. The average molecular weight is 270 g/mol. The van der Waals surface area contributed by atoms with Gasteiger partial charge in [0.2, 0.25) is 0 Å². The number of hydrogen-bond donors (Lipinski definition) is 1. The van der Waals surface area contributed by atoms with Gasteiger partial charge in [-0.3, -0.25) is 4.98 Å². The molecule has 0 aliphatic rings. The lowest BCUT2D eigenvalue weighted by Gasteiger charge is -2.06. The van der Waals surface area contributed by atoms with Crippen LogP contribution in [0.15, 0.2) is 23.9 Å². The largest absolute Gasteiger partial charge is 0.460 e. The summed E-state index contributed by atoms with van der Waals surface area (Å²) < 4.78 is 9.69. The van der Waals surface area contributed by atoms with Crippen LogP contribution in [0.1, 0.15) is 11.8 Å². The van der Waals surface area contributed by atoms with Crippen molar-refractivity contribution in [2.24, 2.45) is 0 Å². The molecule has 0 aliphatic carbocycles. The van der Waals surface area contributed by atoms with Gasteiger partial charge in [-0.15, -0.1) is 11.3 Å². The number of carbonyl (C=O) groups is 2. The number of nitrogens with one attached hydrogen (secondary N) is 1. The highest BCUT2D eigenvalue weighted by molar-refractivity contribution is 7.09. The van der Waals surface area contributed by atoms with E-state index in [-0.39, 0.29) is 19.8 Å². The highest BCUT2D eigenvalue weighted by Gasteiger charge is 2.05. The topological polar surface area (TPSA) is 77.5 Å². The second-order valence-corrected chi connectivity index (χ2v) is 4.36. The minimum atomic E-state index is -0.560. The SMILES string of the molecule is C=C(C)C(=O)OCCNC(=O)OCc1cncs1. The number of ether oxygens (including phenoxy) is 2. The van der Waals surface area contributed by atoms with Gasteiger partial charge in [0.15, 0.2) is 0 Å². The fourth-order valence-electron chi connectivity index (χ4n) is 0.921. The maximum atomic E-state index is 11.2. The Balaban J connectivity index is 2.07. The second kappa shape index (κ2) is 7.44. The Labute approximate surface area is 109 Å². The lowest BCUT2D eigenvalue weighted by atomic mass is 10.4. The Morgan fingerprint density at radius 2 is 2.28 bits per heavy atom. The van der Waals surface area contributed by atoms with Gasteiger partial charge in [-0.05, 0) is 6.92 Å². The van der Waals surface area contributed by atoms with E-state index in [1.165, 1.54) is 11.3 Å². The molecule has 0 saturated heterocycles. The van der Waals surface area contributed by atoms with Crippen LogP contribution >= 0.6 is 11.3 Å². The van der Waals surface area contributed by atoms with Crippen molar-refractivity contribution in [3.8, 4) is 0 Å². The normalized spacial score (nSPS) is 9.61. The van der Waals surface area contributed by atoms with Crippen LogP contribution in [0.3, 0.4) is 0 Å². The van der Waals surface area contributed by atoms with Crippen LogP contribution in [0.25, 0.3) is 0 Å². The van der Waals surface area contributed by atoms with Crippen LogP contribution in [0.5, 0.6) is 0 Å². The van der Waals surface area contributed by atoms with Crippen LogP contribution in [-0.4, -0.2) is 30.2 Å². The fraction of sp³-hybridized carbons (Fsp3) is 0.364. The monoisotopic (exact) mass is 270 g/mol. The van der Waals surface area contributed by atoms with Crippen LogP contribution in [0.2, 0.25) is 0 Å². The predicted octanol–water partition coefficient (Wildman–Crippen LogP) is 1.49. The van der Waals surface area contributed by atoms with Crippen molar-refractivity contribution in [2.45, 2.75) is 13.5 Å². The molecule has 0 saturated carbocycles. The third-order valence-electron chi connectivity index (χ3n) is 1.78. The summed E-state index contributed by atoms with van der Waals surface area (Å²) in [5.41, 5.74) is 1.98. The summed E-state index contributed by atoms with van der Waals surface area (Å²) in [4.78, 5) is 26.9. The predicted molar refractivity (Wildman–Crippen MR) is 66.1 cm³/mol. The van der Waals surface area contributed by atoms with Gasteiger partial charge in [-0.25, -0.2) is 9.59 Å². The molecule has 1 rings (SSSR count). The van der Waals surface area contributed by atoms with Gasteiger partial charge < -0.3 is 14.8 Å². The highest BCUT2D eigenvalue weighted by Crippen LogP contribution is 2.06. The first kappa shape index (κ1) is 14.2. The molecular weight excluding hydrogens is 256 g/mol. The number of rotatable bonds is 6. The zero-order valence-electron chi connectivity index (χ0n) is 9.97. The Kier molecular flexibility index (Phi) is 5.86. The molecule has 0 atom stereocenters. The molecular formula is C11H14N2O4S. The van der Waals surface area contributed by atoms with Crippen LogP contribution in [0.4, 0.5) is 4.79 Å². The molecule has 0 aromatic carbocycles. The van der Waals surface area contributed by atoms with Crippen molar-refractivity contribution < 1.29 is 19.1 Å². The van der Waals surface area contributed by atoms with E-state index < -0.39 is 12.1 Å². The van der Waals surface area contributed by atoms with Crippen molar-refractivity contribution in [1.29, 1.82) is 0 Å². The van der Waals surface area contributed by atoms with Gasteiger partial charge in [0, 0.05) is 11.8 Å². The third-order valence-corrected chi connectivity index (χ3v) is 2.54. The zero-order valence-corrected chi connectivity index (χ0v) is 10.8. The molecule has 0 radical (unpaired) electrons. The molecule has 0 aliphatic heterocycles. The number of aromatic nitrogens is 1. The van der Waals surface area contributed by atoms with E-state index >= 15 is 0 Å². The lowest BCUT2D eigenvalue weighted by Crippen LogP contribution is -2.28. The Morgan fingerprint density at radius 1 is 1.50 bits per heavy atom. The standard InChI is InChI=1S/C11H14N2O4S/c1-8(2)10(14)16-4-3-13-11(15)17-6-9-5-12-7-18-9/h5,7H,1,3-4,6H2,2H3,(H,13,15). The van der Waals surface area contributed by atoms with E-state index in [0.717, 1.165) is 4.88 Å². The van der Waals surface area contributed by atoms with Gasteiger partial charge in [0.1, 0.15) is 13.2 Å². The fourth-order valence-corrected chi connectivity index (χ4v) is 1.43. The molecule has 6 nitrogen and oxygen atoms in total. The molecule has 1 aromatic rings. The second-order valence-electron chi connectivity index (χ2n) is 3.39. The number of alkyl carbamates (subject to hydrolysis) is 1. The maximum absolute atomic E-state index is 11.2. The third kappa shape index (κ3) is 5.44. The summed E-state index contributed by atoms with van der Waals surface area (Å²) >= 11 is 1.41. The average Bonchev–Trinajstić information content (AvgIpc) is 2.84. The molecule has 0 fully saturated rings. The smallest absolute Gasteiger partial charge is 0.407 e. The van der Waals surface area contributed by atoms with Crippen LogP contribution in [-0.2, 0) is 20.9 Å². The molecule has 98 valence electrons. The van der Waals surface area contributed by atoms with Gasteiger partial charge >= 0.3 is 12.1 Å². The molecule has 1 aromatic heterocycles. The number of amides is 1. The van der Waals surface area contributed by atoms with E-state index in [9.17, 15) is 9.59 Å². The first-order chi connectivity index (χ1) is 8.59. The van der Waals surface area contributed by atoms with Gasteiger partial charge in [-0.2, -0.15) is 0 Å². The van der Waals surface area contributed by atoms with Crippen LogP contribution < -0.4 is 5.32 Å². The van der Waals surface area contributed by atoms with Crippen molar-refractivity contribution in [3.63, 3.8) is 0 Å². The summed E-state index contributed by atoms with van der Waals surface area (Å²) in [6, 6.07) is 0. The van der Waals surface area contributed by atoms with Crippen molar-refractivity contribution in [1.82, 2.24) is 10.3 Å². The minimum Gasteiger partial charge on any atom is -0.460 e. The Morgan fingerprint density at radius 3 is 2.89 bits per heavy atom. The lowest BCUT2D eigenvalue weighted by molar-refractivity contribution is -0.138. The minimum absolute atomic E-state index is 0.0847. The van der Waals surface area contributed by atoms with Gasteiger partial charge in [0.05, 0.1) is 16.9 Å². The molecule has 0 bridgehead atoms. The van der Waals surface area contributed by atoms with Crippen molar-refractivity contribution in [3.05, 3.63) is 28.7 Å². The molecule has 1 heterocycles. The number of esters is 1. The molecule has 0 spiro atoms. The quantitative estimate of drug-likeness (QED) is 0.481. The van der Waals surface area contributed by atoms with Gasteiger partial charge in [0.25, 0.3) is 0 Å². The molecule has 1 N–H and O–H groups in total. The maximum Gasteiger partial charge on any atom is 0.407 e. The van der Waals surface area contributed by atoms with E-state index in [2.05, 4.69) is 16.9 Å². The summed E-state index contributed by atoms with van der Waals surface area (Å²) in [6.45, 7) is 5.45. The van der Waals surface area contributed by atoms with Gasteiger partial charge in [-0.1, -0.05) is 6.58 Å². The number of thiazole rings is 1. The summed E-state index contributed by atoms with van der Waals surface area (Å²) in [5.74, 6) is -0.477. The molecule has 18 heavy (non-hydrogen) atoms. The molecule has 1 amide bonds. The highest BCUT2D eigenvalue weighted by atomic mass is 32.1.